The highest BCUT2D eigenvalue weighted by Crippen LogP contribution is 2.17. The molecule has 2 heteroatoms. The first-order valence-electron chi connectivity index (χ1n) is 4.09. The first-order chi connectivity index (χ1) is 5.66. The van der Waals surface area contributed by atoms with Gasteiger partial charge in [-0.25, -0.2) is 0 Å². The van der Waals surface area contributed by atoms with Gasteiger partial charge in [-0.1, -0.05) is 19.1 Å². The smallest absolute Gasteiger partial charge is 0.0408 e. The number of nitrogens with one attached hydrogen (secondary N) is 1. The van der Waals surface area contributed by atoms with Gasteiger partial charge in [0.25, 0.3) is 0 Å². The molecule has 0 spiro atoms. The van der Waals surface area contributed by atoms with Gasteiger partial charge in [0.15, 0.2) is 0 Å². The fourth-order valence-corrected chi connectivity index (χ4v) is 1.28. The second-order valence-electron chi connectivity index (χ2n) is 2.87. The summed E-state index contributed by atoms with van der Waals surface area (Å²) < 4.78 is 0. The maximum Gasteiger partial charge on any atom is 0.0408 e. The Hall–Kier alpha value is -1.31. The summed E-state index contributed by atoms with van der Waals surface area (Å²) in [6.07, 6.45) is 0.731. The number of rotatable bonds is 2. The molecule has 0 saturated heterocycles. The number of aryl methyl sites for hydroxylation is 1. The second-order valence-corrected chi connectivity index (χ2v) is 2.87. The normalized spacial score (nSPS) is 9.83. The summed E-state index contributed by atoms with van der Waals surface area (Å²) in [6.45, 7) is 3.95. The van der Waals surface area contributed by atoms with Gasteiger partial charge in [0.05, 0.1) is 0 Å². The van der Waals surface area contributed by atoms with Gasteiger partial charge in [0.2, 0.25) is 0 Å². The Morgan fingerprint density at radius 2 is 2.17 bits per heavy atom. The largest absolute Gasteiger partial charge is 0.398 e. The van der Waals surface area contributed by atoms with E-state index in [1.807, 2.05) is 32.0 Å². The van der Waals surface area contributed by atoms with Crippen molar-refractivity contribution in [3.05, 3.63) is 29.3 Å². The Bertz CT molecular complexity index is 282. The molecule has 64 valence electrons. The Balaban J connectivity index is 3.21. The summed E-state index contributed by atoms with van der Waals surface area (Å²) in [6, 6.07) is 5.74. The molecule has 1 rings (SSSR count). The fraction of sp³-hybridized carbons (Fsp3) is 0.300. The molecule has 0 atom stereocenters. The van der Waals surface area contributed by atoms with Crippen molar-refractivity contribution in [2.45, 2.75) is 20.3 Å². The summed E-state index contributed by atoms with van der Waals surface area (Å²) >= 11 is 0. The molecular weight excluding hydrogens is 148 g/mol. The average molecular weight is 162 g/mol. The van der Waals surface area contributed by atoms with Crippen molar-refractivity contribution in [3.63, 3.8) is 0 Å². The number of nitrogens with two attached hydrogens (primary N) is 1. The lowest BCUT2D eigenvalue weighted by Gasteiger charge is -2.08. The maximum absolute atomic E-state index is 7.68. The molecule has 1 aromatic rings. The van der Waals surface area contributed by atoms with E-state index in [-0.39, 0.29) is 0 Å². The Kier molecular flexibility index (Phi) is 2.48. The minimum Gasteiger partial charge on any atom is -0.398 e. The first-order valence-corrected chi connectivity index (χ1v) is 4.09. The van der Waals surface area contributed by atoms with Crippen molar-refractivity contribution in [2.24, 2.45) is 0 Å². The summed E-state index contributed by atoms with van der Waals surface area (Å²) in [5.41, 5.74) is 9.07. The van der Waals surface area contributed by atoms with Crippen molar-refractivity contribution < 1.29 is 0 Å². The highest BCUT2D eigenvalue weighted by Gasteiger charge is 2.05. The van der Waals surface area contributed by atoms with Crippen molar-refractivity contribution in [1.29, 1.82) is 5.41 Å². The third-order valence-corrected chi connectivity index (χ3v) is 1.96. The molecule has 0 saturated carbocycles. The number of anilines is 1. The summed E-state index contributed by atoms with van der Waals surface area (Å²) in [5.74, 6) is 0. The van der Waals surface area contributed by atoms with Gasteiger partial charge in [0.1, 0.15) is 0 Å². The van der Waals surface area contributed by atoms with Crippen LogP contribution in [0.2, 0.25) is 0 Å². The Labute approximate surface area is 72.9 Å². The molecule has 0 aromatic heterocycles. The molecule has 0 radical (unpaired) electrons. The van der Waals surface area contributed by atoms with Gasteiger partial charge < -0.3 is 11.1 Å². The van der Waals surface area contributed by atoms with Crippen LogP contribution in [0.15, 0.2) is 18.2 Å². The minimum absolute atomic E-state index is 0.616. The highest BCUT2D eigenvalue weighted by molar-refractivity contribution is 6.03. The third-order valence-electron chi connectivity index (χ3n) is 1.96. The molecule has 0 aliphatic carbocycles. The lowest BCUT2D eigenvalue weighted by atomic mass is 10.0. The molecule has 0 aliphatic rings. The van der Waals surface area contributed by atoms with Gasteiger partial charge in [-0.2, -0.15) is 0 Å². The SMILES string of the molecule is CCC(=N)c1c(C)cccc1N. The van der Waals surface area contributed by atoms with E-state index in [4.69, 9.17) is 11.1 Å². The standard InChI is InChI=1S/C10H14N2/c1-3-8(11)10-7(2)5-4-6-9(10)12/h4-6,11H,3,12H2,1-2H3. The van der Waals surface area contributed by atoms with E-state index in [0.29, 0.717) is 11.4 Å². The van der Waals surface area contributed by atoms with Gasteiger partial charge in [0, 0.05) is 17.0 Å². The predicted octanol–water partition coefficient (Wildman–Crippen LogP) is 2.36. The monoisotopic (exact) mass is 162 g/mol. The molecule has 0 fully saturated rings. The van der Waals surface area contributed by atoms with Crippen LogP contribution in [0.1, 0.15) is 24.5 Å². The van der Waals surface area contributed by atoms with Crippen molar-refractivity contribution in [1.82, 2.24) is 0 Å². The molecular formula is C10H14N2. The lowest BCUT2D eigenvalue weighted by Crippen LogP contribution is -2.04. The van der Waals surface area contributed by atoms with Crippen LogP contribution >= 0.6 is 0 Å². The summed E-state index contributed by atoms with van der Waals surface area (Å²) in [7, 11) is 0. The van der Waals surface area contributed by atoms with Crippen molar-refractivity contribution >= 4 is 11.4 Å². The van der Waals surface area contributed by atoms with E-state index in [9.17, 15) is 0 Å². The number of hydrogen-bond donors (Lipinski definition) is 2. The molecule has 12 heavy (non-hydrogen) atoms. The molecule has 3 N–H and O–H groups in total. The zero-order chi connectivity index (χ0) is 9.14. The topological polar surface area (TPSA) is 49.9 Å². The number of hydrogen-bond acceptors (Lipinski definition) is 2. The van der Waals surface area contributed by atoms with Crippen molar-refractivity contribution in [2.75, 3.05) is 5.73 Å². The quantitative estimate of drug-likeness (QED) is 0.509. The summed E-state index contributed by atoms with van der Waals surface area (Å²) in [5, 5.41) is 7.68. The van der Waals surface area contributed by atoms with Crippen LogP contribution in [0.3, 0.4) is 0 Å². The number of benzene rings is 1. The molecule has 1 aromatic carbocycles. The van der Waals surface area contributed by atoms with Crippen LogP contribution in [-0.2, 0) is 0 Å². The maximum atomic E-state index is 7.68. The average Bonchev–Trinajstić information content (AvgIpc) is 2.03. The van der Waals surface area contributed by atoms with Crippen LogP contribution in [0.4, 0.5) is 5.69 Å². The van der Waals surface area contributed by atoms with Gasteiger partial charge >= 0.3 is 0 Å². The summed E-state index contributed by atoms with van der Waals surface area (Å²) in [4.78, 5) is 0. The molecule has 0 aliphatic heterocycles. The Morgan fingerprint density at radius 1 is 1.50 bits per heavy atom. The predicted molar refractivity (Wildman–Crippen MR) is 52.7 cm³/mol. The minimum atomic E-state index is 0.616. The second kappa shape index (κ2) is 3.39. The Morgan fingerprint density at radius 3 is 2.67 bits per heavy atom. The van der Waals surface area contributed by atoms with Crippen molar-refractivity contribution in [3.8, 4) is 0 Å². The molecule has 0 bridgehead atoms. The van der Waals surface area contributed by atoms with Crippen LogP contribution in [0, 0.1) is 12.3 Å². The fourth-order valence-electron chi connectivity index (χ4n) is 1.28. The van der Waals surface area contributed by atoms with E-state index < -0.39 is 0 Å². The van der Waals surface area contributed by atoms with E-state index in [1.54, 1.807) is 0 Å². The van der Waals surface area contributed by atoms with Crippen LogP contribution in [0.25, 0.3) is 0 Å². The van der Waals surface area contributed by atoms with Gasteiger partial charge in [-0.05, 0) is 25.0 Å². The number of nitrogen functional groups attached to an aromatic ring is 1. The lowest BCUT2D eigenvalue weighted by molar-refractivity contribution is 1.23. The zero-order valence-electron chi connectivity index (χ0n) is 7.52. The van der Waals surface area contributed by atoms with E-state index in [0.717, 1.165) is 17.5 Å². The van der Waals surface area contributed by atoms with E-state index in [1.165, 1.54) is 0 Å². The van der Waals surface area contributed by atoms with E-state index >= 15 is 0 Å². The highest BCUT2D eigenvalue weighted by atomic mass is 14.6. The van der Waals surface area contributed by atoms with Crippen LogP contribution in [0.5, 0.6) is 0 Å². The molecule has 0 unspecified atom stereocenters. The van der Waals surface area contributed by atoms with Gasteiger partial charge in [-0.3, -0.25) is 0 Å². The van der Waals surface area contributed by atoms with Crippen LogP contribution < -0.4 is 5.73 Å². The van der Waals surface area contributed by atoms with Gasteiger partial charge in [-0.15, -0.1) is 0 Å². The van der Waals surface area contributed by atoms with E-state index in [2.05, 4.69) is 0 Å². The zero-order valence-corrected chi connectivity index (χ0v) is 7.52. The van der Waals surface area contributed by atoms with Crippen LogP contribution in [-0.4, -0.2) is 5.71 Å². The molecule has 2 nitrogen and oxygen atoms in total. The third kappa shape index (κ3) is 1.47. The molecule has 0 heterocycles. The molecule has 0 amide bonds. The first kappa shape index (κ1) is 8.78.